The summed E-state index contributed by atoms with van der Waals surface area (Å²) in [5.41, 5.74) is 0. The molecule has 18 heavy (non-hydrogen) atoms. The Hall–Kier alpha value is -0.120. The Kier molecular flexibility index (Phi) is 8.64. The smallest absolute Gasteiger partial charge is 0.0630 e. The summed E-state index contributed by atoms with van der Waals surface area (Å²) in [7, 11) is 1.82. The van der Waals surface area contributed by atoms with Gasteiger partial charge in [0.1, 0.15) is 0 Å². The average Bonchev–Trinajstić information content (AvgIpc) is 2.39. The van der Waals surface area contributed by atoms with E-state index in [-0.39, 0.29) is 0 Å². The zero-order valence-corrected chi connectivity index (χ0v) is 12.6. The van der Waals surface area contributed by atoms with Crippen LogP contribution in [0.5, 0.6) is 0 Å². The molecule has 0 spiro atoms. The van der Waals surface area contributed by atoms with Crippen LogP contribution in [0.15, 0.2) is 0 Å². The maximum atomic E-state index is 5.38. The van der Waals surface area contributed by atoms with Gasteiger partial charge in [0.25, 0.3) is 0 Å². The molecule has 1 aliphatic heterocycles. The maximum absolute atomic E-state index is 5.38. The lowest BCUT2D eigenvalue weighted by Crippen LogP contribution is -2.48. The van der Waals surface area contributed by atoms with Crippen molar-refractivity contribution in [1.82, 2.24) is 10.2 Å². The molecule has 108 valence electrons. The molecular formula is C15H32N2O. The summed E-state index contributed by atoms with van der Waals surface area (Å²) in [4.78, 5) is 2.62. The van der Waals surface area contributed by atoms with Crippen LogP contribution in [0.1, 0.15) is 46.0 Å². The van der Waals surface area contributed by atoms with Crippen LogP contribution in [0.2, 0.25) is 0 Å². The van der Waals surface area contributed by atoms with Crippen LogP contribution in [-0.2, 0) is 4.74 Å². The molecule has 3 heteroatoms. The summed E-state index contributed by atoms with van der Waals surface area (Å²) in [5.74, 6) is 0.970. The van der Waals surface area contributed by atoms with E-state index in [4.69, 9.17) is 4.74 Å². The van der Waals surface area contributed by atoms with Gasteiger partial charge in [-0.05, 0) is 44.8 Å². The first-order valence-corrected chi connectivity index (χ1v) is 7.75. The van der Waals surface area contributed by atoms with Gasteiger partial charge in [0, 0.05) is 19.7 Å². The molecule has 0 amide bonds. The molecule has 0 saturated carbocycles. The third kappa shape index (κ3) is 5.68. The van der Waals surface area contributed by atoms with E-state index >= 15 is 0 Å². The summed E-state index contributed by atoms with van der Waals surface area (Å²) in [5, 5.41) is 3.53. The molecule has 1 aliphatic rings. The van der Waals surface area contributed by atoms with Crippen molar-refractivity contribution in [1.29, 1.82) is 0 Å². The number of rotatable bonds is 9. The molecule has 0 aliphatic carbocycles. The zero-order valence-electron chi connectivity index (χ0n) is 12.6. The van der Waals surface area contributed by atoms with Gasteiger partial charge < -0.3 is 10.1 Å². The molecule has 1 rings (SSSR count). The van der Waals surface area contributed by atoms with Crippen LogP contribution in [-0.4, -0.2) is 50.8 Å². The first-order chi connectivity index (χ1) is 8.81. The van der Waals surface area contributed by atoms with Crippen LogP contribution >= 0.6 is 0 Å². The van der Waals surface area contributed by atoms with Gasteiger partial charge in [0.15, 0.2) is 0 Å². The van der Waals surface area contributed by atoms with Gasteiger partial charge in [0.2, 0.25) is 0 Å². The first-order valence-electron chi connectivity index (χ1n) is 7.75. The normalized spacial score (nSPS) is 20.2. The molecule has 0 bridgehead atoms. The lowest BCUT2D eigenvalue weighted by molar-refractivity contribution is 0.0632. The zero-order chi connectivity index (χ0) is 13.2. The van der Waals surface area contributed by atoms with Gasteiger partial charge in [0.05, 0.1) is 6.61 Å². The molecule has 1 saturated heterocycles. The fourth-order valence-electron chi connectivity index (χ4n) is 2.95. The van der Waals surface area contributed by atoms with E-state index in [1.54, 1.807) is 0 Å². The monoisotopic (exact) mass is 256 g/mol. The van der Waals surface area contributed by atoms with Gasteiger partial charge in [-0.15, -0.1) is 0 Å². The molecular weight excluding hydrogens is 224 g/mol. The number of methoxy groups -OCH3 is 1. The van der Waals surface area contributed by atoms with Crippen molar-refractivity contribution in [2.24, 2.45) is 5.92 Å². The van der Waals surface area contributed by atoms with Crippen LogP contribution in [0, 0.1) is 5.92 Å². The topological polar surface area (TPSA) is 24.5 Å². The summed E-state index contributed by atoms with van der Waals surface area (Å²) < 4.78 is 5.38. The summed E-state index contributed by atoms with van der Waals surface area (Å²) >= 11 is 0. The van der Waals surface area contributed by atoms with Gasteiger partial charge in [-0.1, -0.05) is 26.7 Å². The molecule has 3 nitrogen and oxygen atoms in total. The Balaban J connectivity index is 2.30. The molecule has 1 fully saturated rings. The highest BCUT2D eigenvalue weighted by molar-refractivity contribution is 4.79. The minimum atomic E-state index is 0.559. The van der Waals surface area contributed by atoms with Gasteiger partial charge in [-0.3, -0.25) is 4.90 Å². The Morgan fingerprint density at radius 1 is 1.22 bits per heavy atom. The molecule has 1 unspecified atom stereocenters. The van der Waals surface area contributed by atoms with Crippen molar-refractivity contribution in [3.05, 3.63) is 0 Å². The number of hydrogen-bond donors (Lipinski definition) is 1. The molecule has 0 aromatic carbocycles. The van der Waals surface area contributed by atoms with Gasteiger partial charge >= 0.3 is 0 Å². The van der Waals surface area contributed by atoms with Crippen molar-refractivity contribution in [3.8, 4) is 0 Å². The number of ether oxygens (including phenoxy) is 1. The highest BCUT2D eigenvalue weighted by Crippen LogP contribution is 2.22. The second kappa shape index (κ2) is 9.76. The van der Waals surface area contributed by atoms with E-state index in [9.17, 15) is 0 Å². The average molecular weight is 256 g/mol. The Morgan fingerprint density at radius 3 is 2.50 bits per heavy atom. The fourth-order valence-corrected chi connectivity index (χ4v) is 2.95. The number of hydrogen-bond acceptors (Lipinski definition) is 3. The Labute approximate surface area is 113 Å². The number of likely N-dealkylation sites (tertiary alicyclic amines) is 1. The second-order valence-electron chi connectivity index (χ2n) is 5.58. The SMILES string of the molecule is CCCNCC(COC)N1CCC(CCC)CC1. The number of piperidine rings is 1. The third-order valence-corrected chi connectivity index (χ3v) is 4.03. The quantitative estimate of drug-likeness (QED) is 0.642. The van der Waals surface area contributed by atoms with Crippen LogP contribution in [0.4, 0.5) is 0 Å². The summed E-state index contributed by atoms with van der Waals surface area (Å²) in [6.07, 6.45) is 6.71. The summed E-state index contributed by atoms with van der Waals surface area (Å²) in [6, 6.07) is 0.559. The second-order valence-corrected chi connectivity index (χ2v) is 5.58. The Morgan fingerprint density at radius 2 is 1.94 bits per heavy atom. The van der Waals surface area contributed by atoms with E-state index in [0.29, 0.717) is 6.04 Å². The molecule has 1 heterocycles. The third-order valence-electron chi connectivity index (χ3n) is 4.03. The molecule has 0 radical (unpaired) electrons. The van der Waals surface area contributed by atoms with Crippen molar-refractivity contribution >= 4 is 0 Å². The number of nitrogens with zero attached hydrogens (tertiary/aromatic N) is 1. The fraction of sp³-hybridized carbons (Fsp3) is 1.00. The van der Waals surface area contributed by atoms with E-state index in [1.165, 1.54) is 45.2 Å². The lowest BCUT2D eigenvalue weighted by atomic mass is 9.92. The predicted molar refractivity (Wildman–Crippen MR) is 78.0 cm³/mol. The largest absolute Gasteiger partial charge is 0.383 e. The molecule has 1 N–H and O–H groups in total. The lowest BCUT2D eigenvalue weighted by Gasteiger charge is -2.37. The minimum absolute atomic E-state index is 0.559. The molecule has 1 atom stereocenters. The van der Waals surface area contributed by atoms with Crippen LogP contribution in [0.3, 0.4) is 0 Å². The summed E-state index contributed by atoms with van der Waals surface area (Å²) in [6.45, 7) is 10.1. The highest BCUT2D eigenvalue weighted by Gasteiger charge is 2.24. The predicted octanol–water partition coefficient (Wildman–Crippen LogP) is 2.51. The van der Waals surface area contributed by atoms with Crippen LogP contribution in [0.25, 0.3) is 0 Å². The maximum Gasteiger partial charge on any atom is 0.0630 e. The van der Waals surface area contributed by atoms with Crippen LogP contribution < -0.4 is 5.32 Å². The van der Waals surface area contributed by atoms with Crippen molar-refractivity contribution in [2.75, 3.05) is 39.9 Å². The van der Waals surface area contributed by atoms with E-state index in [0.717, 1.165) is 25.6 Å². The minimum Gasteiger partial charge on any atom is -0.383 e. The highest BCUT2D eigenvalue weighted by atomic mass is 16.5. The Bertz CT molecular complexity index is 191. The van der Waals surface area contributed by atoms with Gasteiger partial charge in [-0.25, -0.2) is 0 Å². The van der Waals surface area contributed by atoms with Crippen molar-refractivity contribution in [3.63, 3.8) is 0 Å². The van der Waals surface area contributed by atoms with Gasteiger partial charge in [-0.2, -0.15) is 0 Å². The number of nitrogens with one attached hydrogen (secondary N) is 1. The van der Waals surface area contributed by atoms with Crippen molar-refractivity contribution < 1.29 is 4.74 Å². The van der Waals surface area contributed by atoms with Crippen molar-refractivity contribution in [2.45, 2.75) is 52.0 Å². The molecule has 0 aromatic heterocycles. The standard InChI is InChI=1S/C15H32N2O/c1-4-6-14-7-10-17(11-8-14)15(13-18-3)12-16-9-5-2/h14-16H,4-13H2,1-3H3. The van der Waals surface area contributed by atoms with E-state index < -0.39 is 0 Å². The van der Waals surface area contributed by atoms with E-state index in [1.807, 2.05) is 7.11 Å². The van der Waals surface area contributed by atoms with E-state index in [2.05, 4.69) is 24.1 Å². The molecule has 0 aromatic rings. The first kappa shape index (κ1) is 15.9.